The van der Waals surface area contributed by atoms with Crippen molar-refractivity contribution in [3.63, 3.8) is 0 Å². The number of rotatable bonds is 6. The van der Waals surface area contributed by atoms with Gasteiger partial charge in [-0.15, -0.1) is 0 Å². The summed E-state index contributed by atoms with van der Waals surface area (Å²) in [6.45, 7) is 3.50. The molecule has 26 heavy (non-hydrogen) atoms. The van der Waals surface area contributed by atoms with Gasteiger partial charge in [0.05, 0.1) is 32.5 Å². The summed E-state index contributed by atoms with van der Waals surface area (Å²) in [6.07, 6.45) is 0.688. The highest BCUT2D eigenvalue weighted by Crippen LogP contribution is 2.22. The van der Waals surface area contributed by atoms with Crippen LogP contribution in [0.25, 0.3) is 0 Å². The molecule has 138 valence electrons. The summed E-state index contributed by atoms with van der Waals surface area (Å²) >= 11 is 0. The van der Waals surface area contributed by atoms with E-state index in [0.29, 0.717) is 31.1 Å². The van der Waals surface area contributed by atoms with Gasteiger partial charge in [0, 0.05) is 17.7 Å². The van der Waals surface area contributed by atoms with Gasteiger partial charge in [-0.05, 0) is 31.0 Å². The van der Waals surface area contributed by atoms with Gasteiger partial charge in [-0.25, -0.2) is 0 Å². The van der Waals surface area contributed by atoms with Crippen molar-refractivity contribution in [2.24, 2.45) is 0 Å². The lowest BCUT2D eigenvalue weighted by Crippen LogP contribution is -2.50. The van der Waals surface area contributed by atoms with Crippen LogP contribution < -0.4 is 10.1 Å². The number of ether oxygens (including phenoxy) is 3. The van der Waals surface area contributed by atoms with Crippen LogP contribution in [-0.2, 0) is 16.1 Å². The molecule has 0 unspecified atom stereocenters. The van der Waals surface area contributed by atoms with Crippen LogP contribution in [0.5, 0.6) is 5.75 Å². The van der Waals surface area contributed by atoms with Crippen molar-refractivity contribution in [3.05, 3.63) is 65.2 Å². The van der Waals surface area contributed by atoms with E-state index < -0.39 is 0 Å². The minimum atomic E-state index is -0.175. The minimum Gasteiger partial charge on any atom is -0.496 e. The Hall–Kier alpha value is -2.37. The van der Waals surface area contributed by atoms with Crippen LogP contribution in [-0.4, -0.2) is 38.4 Å². The third kappa shape index (κ3) is 4.42. The van der Waals surface area contributed by atoms with Crippen molar-refractivity contribution in [3.8, 4) is 5.75 Å². The molecule has 1 saturated heterocycles. The number of hydrogen-bond donors (Lipinski definition) is 1. The third-order valence-electron chi connectivity index (χ3n) is 4.66. The van der Waals surface area contributed by atoms with Crippen molar-refractivity contribution >= 4 is 5.91 Å². The maximum Gasteiger partial charge on any atom is 0.252 e. The first-order chi connectivity index (χ1) is 12.7. The molecule has 1 N–H and O–H groups in total. The number of carbonyl (C=O) groups excluding carboxylic acids is 1. The summed E-state index contributed by atoms with van der Waals surface area (Å²) in [5.41, 5.74) is 2.55. The average molecular weight is 355 g/mol. The molecule has 0 aliphatic carbocycles. The van der Waals surface area contributed by atoms with Gasteiger partial charge < -0.3 is 19.5 Å². The zero-order chi connectivity index (χ0) is 18.4. The number of hydrogen-bond acceptors (Lipinski definition) is 4. The fourth-order valence-electron chi connectivity index (χ4n) is 3.16. The number of methoxy groups -OCH3 is 1. The summed E-state index contributed by atoms with van der Waals surface area (Å²) in [7, 11) is 1.60. The first-order valence-corrected chi connectivity index (χ1v) is 8.86. The van der Waals surface area contributed by atoms with E-state index in [1.165, 1.54) is 0 Å². The van der Waals surface area contributed by atoms with E-state index >= 15 is 0 Å². The quantitative estimate of drug-likeness (QED) is 0.865. The summed E-state index contributed by atoms with van der Waals surface area (Å²) in [4.78, 5) is 12.7. The number of nitrogens with one attached hydrogen (secondary N) is 1. The summed E-state index contributed by atoms with van der Waals surface area (Å²) in [5.74, 6) is 0.569. The molecule has 2 atom stereocenters. The minimum absolute atomic E-state index is 0.0705. The number of amides is 1. The van der Waals surface area contributed by atoms with E-state index in [9.17, 15) is 4.79 Å². The second kappa shape index (κ2) is 8.83. The molecule has 0 radical (unpaired) electrons. The molecule has 1 amide bonds. The maximum atomic E-state index is 12.7. The van der Waals surface area contributed by atoms with E-state index in [1.54, 1.807) is 13.2 Å². The molecule has 1 fully saturated rings. The van der Waals surface area contributed by atoms with Crippen molar-refractivity contribution in [1.29, 1.82) is 0 Å². The Kier molecular flexibility index (Phi) is 6.26. The predicted molar refractivity (Wildman–Crippen MR) is 99.4 cm³/mol. The van der Waals surface area contributed by atoms with E-state index in [1.807, 2.05) is 49.4 Å². The highest BCUT2D eigenvalue weighted by molar-refractivity contribution is 5.96. The standard InChI is InChI=1S/C21H25NO4/c1-15-17(9-6-10-19(15)24-2)21(23)22-18-14-25-12-11-20(18)26-13-16-7-4-3-5-8-16/h3-10,18,20H,11-14H2,1-2H3,(H,22,23)/t18-,20+/m1/s1. The SMILES string of the molecule is COc1cccc(C(=O)N[C@@H]2COCC[C@@H]2OCc2ccccc2)c1C. The van der Waals surface area contributed by atoms with Gasteiger partial charge in [0.1, 0.15) is 5.75 Å². The van der Waals surface area contributed by atoms with E-state index in [4.69, 9.17) is 14.2 Å². The molecule has 1 aliphatic rings. The highest BCUT2D eigenvalue weighted by atomic mass is 16.5. The average Bonchev–Trinajstić information content (AvgIpc) is 2.68. The van der Waals surface area contributed by atoms with Gasteiger partial charge in [-0.1, -0.05) is 36.4 Å². The summed E-state index contributed by atoms with van der Waals surface area (Å²) in [6, 6.07) is 15.3. The van der Waals surface area contributed by atoms with Crippen LogP contribution in [0, 0.1) is 6.92 Å². The lowest BCUT2D eigenvalue weighted by atomic mass is 10.0. The van der Waals surface area contributed by atoms with Crippen molar-refractivity contribution in [2.75, 3.05) is 20.3 Å². The molecular weight excluding hydrogens is 330 g/mol. The van der Waals surface area contributed by atoms with Crippen LogP contribution >= 0.6 is 0 Å². The molecule has 0 aromatic heterocycles. The van der Waals surface area contributed by atoms with Gasteiger partial charge in [-0.3, -0.25) is 4.79 Å². The molecule has 2 aromatic carbocycles. The van der Waals surface area contributed by atoms with Gasteiger partial charge in [0.25, 0.3) is 5.91 Å². The van der Waals surface area contributed by atoms with Crippen LogP contribution in [0.2, 0.25) is 0 Å². The number of benzene rings is 2. The van der Waals surface area contributed by atoms with Gasteiger partial charge in [0.2, 0.25) is 0 Å². The van der Waals surface area contributed by atoms with Crippen LogP contribution in [0.3, 0.4) is 0 Å². The fraction of sp³-hybridized carbons (Fsp3) is 0.381. The topological polar surface area (TPSA) is 56.8 Å². The lowest BCUT2D eigenvalue weighted by molar-refractivity contribution is -0.0605. The molecule has 3 rings (SSSR count). The Morgan fingerprint density at radius 3 is 2.77 bits per heavy atom. The molecular formula is C21H25NO4. The fourth-order valence-corrected chi connectivity index (χ4v) is 3.16. The van der Waals surface area contributed by atoms with Gasteiger partial charge in [-0.2, -0.15) is 0 Å². The molecule has 5 nitrogen and oxygen atoms in total. The first-order valence-electron chi connectivity index (χ1n) is 8.86. The largest absolute Gasteiger partial charge is 0.496 e. The van der Waals surface area contributed by atoms with Crippen LogP contribution in [0.15, 0.2) is 48.5 Å². The lowest BCUT2D eigenvalue weighted by Gasteiger charge is -2.32. The molecule has 2 aromatic rings. The second-order valence-corrected chi connectivity index (χ2v) is 6.41. The van der Waals surface area contributed by atoms with Crippen LogP contribution in [0.1, 0.15) is 27.9 Å². The maximum absolute atomic E-state index is 12.7. The Labute approximate surface area is 154 Å². The monoisotopic (exact) mass is 355 g/mol. The molecule has 5 heteroatoms. The van der Waals surface area contributed by atoms with Crippen molar-refractivity contribution < 1.29 is 19.0 Å². The molecule has 0 saturated carbocycles. The Morgan fingerprint density at radius 2 is 2.00 bits per heavy atom. The zero-order valence-corrected chi connectivity index (χ0v) is 15.2. The Bertz CT molecular complexity index is 732. The molecule has 0 bridgehead atoms. The molecule has 1 heterocycles. The van der Waals surface area contributed by atoms with Gasteiger partial charge >= 0.3 is 0 Å². The van der Waals surface area contributed by atoms with E-state index in [2.05, 4.69) is 5.32 Å². The molecule has 1 aliphatic heterocycles. The Morgan fingerprint density at radius 1 is 1.19 bits per heavy atom. The first kappa shape index (κ1) is 18.4. The zero-order valence-electron chi connectivity index (χ0n) is 15.2. The third-order valence-corrected chi connectivity index (χ3v) is 4.66. The Balaban J connectivity index is 1.65. The number of carbonyl (C=O) groups is 1. The van der Waals surface area contributed by atoms with Crippen LogP contribution in [0.4, 0.5) is 0 Å². The van der Waals surface area contributed by atoms with Gasteiger partial charge in [0.15, 0.2) is 0 Å². The summed E-state index contributed by atoms with van der Waals surface area (Å²) in [5, 5.41) is 3.07. The van der Waals surface area contributed by atoms with Crippen molar-refractivity contribution in [1.82, 2.24) is 5.32 Å². The van der Waals surface area contributed by atoms with E-state index in [-0.39, 0.29) is 18.1 Å². The van der Waals surface area contributed by atoms with E-state index in [0.717, 1.165) is 17.5 Å². The highest BCUT2D eigenvalue weighted by Gasteiger charge is 2.28. The summed E-state index contributed by atoms with van der Waals surface area (Å²) < 4.78 is 16.9. The van der Waals surface area contributed by atoms with Crippen molar-refractivity contribution in [2.45, 2.75) is 32.1 Å². The normalized spacial score (nSPS) is 19.8. The second-order valence-electron chi connectivity index (χ2n) is 6.41. The smallest absolute Gasteiger partial charge is 0.252 e. The predicted octanol–water partition coefficient (Wildman–Crippen LogP) is 3.11. The molecule has 0 spiro atoms.